The van der Waals surface area contributed by atoms with Crippen LogP contribution in [0, 0.1) is 0 Å². The lowest BCUT2D eigenvalue weighted by atomic mass is 9.86. The van der Waals surface area contributed by atoms with Crippen LogP contribution in [-0.4, -0.2) is 33.3 Å². The SMILES string of the molecule is CCC(C)(C(N)c1c(Br)cnn1C(C)C)N1CCCC1. The zero-order chi connectivity index (χ0) is 14.9. The Bertz CT molecular complexity index is 451. The van der Waals surface area contributed by atoms with E-state index in [0.29, 0.717) is 6.04 Å². The number of likely N-dealkylation sites (tertiary alicyclic amines) is 1. The summed E-state index contributed by atoms with van der Waals surface area (Å²) in [4.78, 5) is 2.56. The first kappa shape index (κ1) is 16.0. The van der Waals surface area contributed by atoms with Crippen molar-refractivity contribution in [3.8, 4) is 0 Å². The molecule has 1 aromatic rings. The maximum atomic E-state index is 6.72. The summed E-state index contributed by atoms with van der Waals surface area (Å²) in [6.07, 6.45) is 5.49. The lowest BCUT2D eigenvalue weighted by molar-refractivity contribution is 0.0957. The van der Waals surface area contributed by atoms with Gasteiger partial charge in [-0.1, -0.05) is 6.92 Å². The van der Waals surface area contributed by atoms with E-state index in [4.69, 9.17) is 5.73 Å². The van der Waals surface area contributed by atoms with Crippen LogP contribution in [0.5, 0.6) is 0 Å². The van der Waals surface area contributed by atoms with Crippen molar-refractivity contribution in [3.05, 3.63) is 16.4 Å². The molecule has 1 aromatic heterocycles. The second-order valence-corrected chi connectivity index (χ2v) is 7.15. The highest BCUT2D eigenvalue weighted by molar-refractivity contribution is 9.10. The van der Waals surface area contributed by atoms with Crippen LogP contribution in [0.3, 0.4) is 0 Å². The van der Waals surface area contributed by atoms with Gasteiger partial charge in [0.1, 0.15) is 0 Å². The molecule has 0 amide bonds. The summed E-state index contributed by atoms with van der Waals surface area (Å²) in [6, 6.07) is 0.284. The van der Waals surface area contributed by atoms with Gasteiger partial charge < -0.3 is 5.73 Å². The summed E-state index contributed by atoms with van der Waals surface area (Å²) >= 11 is 3.63. The average molecular weight is 343 g/mol. The first-order valence-electron chi connectivity index (χ1n) is 7.65. The first-order valence-corrected chi connectivity index (χ1v) is 8.44. The smallest absolute Gasteiger partial charge is 0.0715 e. The van der Waals surface area contributed by atoms with Crippen molar-refractivity contribution in [3.63, 3.8) is 0 Å². The molecule has 0 saturated carbocycles. The molecule has 4 nitrogen and oxygen atoms in total. The maximum Gasteiger partial charge on any atom is 0.0715 e. The van der Waals surface area contributed by atoms with Gasteiger partial charge in [-0.3, -0.25) is 9.58 Å². The van der Waals surface area contributed by atoms with Crippen molar-refractivity contribution < 1.29 is 0 Å². The Morgan fingerprint density at radius 2 is 2.00 bits per heavy atom. The number of halogens is 1. The van der Waals surface area contributed by atoms with Crippen LogP contribution in [0.25, 0.3) is 0 Å². The molecular weight excluding hydrogens is 316 g/mol. The van der Waals surface area contributed by atoms with Crippen molar-refractivity contribution in [2.24, 2.45) is 5.73 Å². The molecule has 0 spiro atoms. The summed E-state index contributed by atoms with van der Waals surface area (Å²) in [5.74, 6) is 0. The van der Waals surface area contributed by atoms with Crippen molar-refractivity contribution in [2.75, 3.05) is 13.1 Å². The number of hydrogen-bond donors (Lipinski definition) is 1. The van der Waals surface area contributed by atoms with Crippen LogP contribution in [0.2, 0.25) is 0 Å². The van der Waals surface area contributed by atoms with Gasteiger partial charge in [0.25, 0.3) is 0 Å². The summed E-state index contributed by atoms with van der Waals surface area (Å²) in [7, 11) is 0. The quantitative estimate of drug-likeness (QED) is 0.890. The van der Waals surface area contributed by atoms with Crippen molar-refractivity contribution in [1.82, 2.24) is 14.7 Å². The van der Waals surface area contributed by atoms with E-state index in [0.717, 1.165) is 29.7 Å². The van der Waals surface area contributed by atoms with E-state index in [1.54, 1.807) is 0 Å². The number of hydrogen-bond acceptors (Lipinski definition) is 3. The first-order chi connectivity index (χ1) is 9.41. The Hall–Kier alpha value is -0.390. The van der Waals surface area contributed by atoms with Gasteiger partial charge in [-0.05, 0) is 69.1 Å². The molecular formula is C15H27BrN4. The molecule has 1 saturated heterocycles. The average Bonchev–Trinajstić information content (AvgIpc) is 3.06. The topological polar surface area (TPSA) is 47.1 Å². The lowest BCUT2D eigenvalue weighted by Gasteiger charge is -2.43. The minimum Gasteiger partial charge on any atom is -0.321 e. The van der Waals surface area contributed by atoms with Crippen LogP contribution in [-0.2, 0) is 0 Å². The predicted octanol–water partition coefficient (Wildman–Crippen LogP) is 3.49. The Morgan fingerprint density at radius 3 is 2.50 bits per heavy atom. The molecule has 2 rings (SSSR count). The van der Waals surface area contributed by atoms with Crippen LogP contribution < -0.4 is 5.73 Å². The Morgan fingerprint density at radius 1 is 1.40 bits per heavy atom. The molecule has 1 fully saturated rings. The molecule has 0 bridgehead atoms. The highest BCUT2D eigenvalue weighted by Gasteiger charge is 2.40. The fraction of sp³-hybridized carbons (Fsp3) is 0.800. The van der Waals surface area contributed by atoms with Crippen LogP contribution in [0.15, 0.2) is 10.7 Å². The zero-order valence-corrected chi connectivity index (χ0v) is 14.7. The number of nitrogens with zero attached hydrogens (tertiary/aromatic N) is 3. The van der Waals surface area contributed by atoms with Gasteiger partial charge in [0.05, 0.1) is 22.4 Å². The fourth-order valence-corrected chi connectivity index (χ4v) is 3.74. The number of nitrogens with two attached hydrogens (primary N) is 1. The monoisotopic (exact) mass is 342 g/mol. The zero-order valence-electron chi connectivity index (χ0n) is 13.1. The highest BCUT2D eigenvalue weighted by atomic mass is 79.9. The van der Waals surface area contributed by atoms with Crippen LogP contribution >= 0.6 is 15.9 Å². The van der Waals surface area contributed by atoms with Gasteiger partial charge in [0, 0.05) is 11.6 Å². The Kier molecular flexibility index (Phi) is 4.92. The third-order valence-corrected chi connectivity index (χ3v) is 5.40. The van der Waals surface area contributed by atoms with Gasteiger partial charge in [0.2, 0.25) is 0 Å². The third-order valence-electron chi connectivity index (χ3n) is 4.78. The van der Waals surface area contributed by atoms with Gasteiger partial charge >= 0.3 is 0 Å². The Labute approximate surface area is 130 Å². The summed E-state index contributed by atoms with van der Waals surface area (Å²) < 4.78 is 3.08. The van der Waals surface area contributed by atoms with Gasteiger partial charge in [-0.2, -0.15) is 5.10 Å². The predicted molar refractivity (Wildman–Crippen MR) is 86.7 cm³/mol. The molecule has 0 aliphatic carbocycles. The molecule has 20 heavy (non-hydrogen) atoms. The molecule has 0 radical (unpaired) electrons. The molecule has 114 valence electrons. The molecule has 0 aromatic carbocycles. The maximum absolute atomic E-state index is 6.72. The molecule has 2 heterocycles. The normalized spacial score (nSPS) is 21.4. The fourth-order valence-electron chi connectivity index (χ4n) is 3.22. The summed E-state index contributed by atoms with van der Waals surface area (Å²) in [5, 5.41) is 4.48. The van der Waals surface area contributed by atoms with Crippen LogP contribution in [0.4, 0.5) is 0 Å². The molecule has 5 heteroatoms. The second kappa shape index (κ2) is 6.16. The summed E-state index contributed by atoms with van der Waals surface area (Å²) in [6.45, 7) is 11.1. The van der Waals surface area contributed by atoms with Crippen LogP contribution in [0.1, 0.15) is 64.7 Å². The molecule has 2 atom stereocenters. The number of aromatic nitrogens is 2. The van der Waals surface area contributed by atoms with E-state index < -0.39 is 0 Å². The van der Waals surface area contributed by atoms with E-state index in [1.807, 2.05) is 6.20 Å². The van der Waals surface area contributed by atoms with Crippen molar-refractivity contribution >= 4 is 15.9 Å². The second-order valence-electron chi connectivity index (χ2n) is 6.30. The van der Waals surface area contributed by atoms with Gasteiger partial charge in [-0.15, -0.1) is 0 Å². The highest BCUT2D eigenvalue weighted by Crippen LogP contribution is 2.38. The van der Waals surface area contributed by atoms with E-state index in [2.05, 4.69) is 58.3 Å². The van der Waals surface area contributed by atoms with Gasteiger partial charge in [-0.25, -0.2) is 0 Å². The Balaban J connectivity index is 2.37. The molecule has 1 aliphatic heterocycles. The minimum absolute atomic E-state index is 0.00824. The third kappa shape index (κ3) is 2.68. The van der Waals surface area contributed by atoms with E-state index in [-0.39, 0.29) is 11.6 Å². The largest absolute Gasteiger partial charge is 0.321 e. The van der Waals surface area contributed by atoms with E-state index in [9.17, 15) is 0 Å². The van der Waals surface area contributed by atoms with E-state index in [1.165, 1.54) is 12.8 Å². The summed E-state index contributed by atoms with van der Waals surface area (Å²) in [5.41, 5.74) is 7.83. The molecule has 2 N–H and O–H groups in total. The molecule has 2 unspecified atom stereocenters. The standard InChI is InChI=1S/C15H27BrN4/c1-5-15(4,19-8-6-7-9-19)14(17)13-12(16)10-18-20(13)11(2)3/h10-11,14H,5-9,17H2,1-4H3. The van der Waals surface area contributed by atoms with Crippen molar-refractivity contribution in [2.45, 2.75) is 64.6 Å². The van der Waals surface area contributed by atoms with Crippen molar-refractivity contribution in [1.29, 1.82) is 0 Å². The number of rotatable bonds is 5. The molecule has 1 aliphatic rings. The van der Waals surface area contributed by atoms with E-state index >= 15 is 0 Å². The minimum atomic E-state index is -0.0372. The van der Waals surface area contributed by atoms with Gasteiger partial charge in [0.15, 0.2) is 0 Å². The lowest BCUT2D eigenvalue weighted by Crippen LogP contribution is -2.52.